The lowest BCUT2D eigenvalue weighted by atomic mass is 10.1. The molecule has 0 aliphatic carbocycles. The number of rotatable bonds is 7. The third kappa shape index (κ3) is 6.16. The molecule has 23 heavy (non-hydrogen) atoms. The topological polar surface area (TPSA) is 111 Å². The second-order valence-corrected chi connectivity index (χ2v) is 4.48. The van der Waals surface area contributed by atoms with Gasteiger partial charge in [-0.2, -0.15) is 0 Å². The molecule has 2 N–H and O–H groups in total. The van der Waals surface area contributed by atoms with E-state index in [0.717, 1.165) is 12.7 Å². The summed E-state index contributed by atoms with van der Waals surface area (Å²) in [5, 5.41) is 4.33. The van der Waals surface area contributed by atoms with Crippen LogP contribution >= 0.6 is 0 Å². The van der Waals surface area contributed by atoms with Crippen LogP contribution in [0.3, 0.4) is 0 Å². The molecule has 8 heteroatoms. The summed E-state index contributed by atoms with van der Waals surface area (Å²) in [6.45, 7) is -0.00815. The fraction of sp³-hybridized carbons (Fsp3) is 0.333. The lowest BCUT2D eigenvalue weighted by Crippen LogP contribution is -2.48. The number of ether oxygens (including phenoxy) is 2. The van der Waals surface area contributed by atoms with Crippen molar-refractivity contribution in [3.8, 4) is 0 Å². The summed E-state index contributed by atoms with van der Waals surface area (Å²) in [6.07, 6.45) is -1.39. The largest absolute Gasteiger partial charge is 0.469 e. The average molecular weight is 322 g/mol. The SMILES string of the molecule is CNC(=O)C(=O)C(CC(=O)OC)NC(=O)OCc1ccccc1. The first-order valence-electron chi connectivity index (χ1n) is 6.78. The predicted molar refractivity (Wildman–Crippen MR) is 79.3 cm³/mol. The lowest BCUT2D eigenvalue weighted by Gasteiger charge is -2.15. The number of carbonyl (C=O) groups is 4. The molecule has 0 bridgehead atoms. The Bertz CT molecular complexity index is 573. The molecule has 0 aliphatic rings. The summed E-state index contributed by atoms with van der Waals surface area (Å²) >= 11 is 0. The van der Waals surface area contributed by atoms with Gasteiger partial charge in [0.15, 0.2) is 0 Å². The van der Waals surface area contributed by atoms with Gasteiger partial charge in [0, 0.05) is 7.05 Å². The summed E-state index contributed by atoms with van der Waals surface area (Å²) < 4.78 is 9.39. The van der Waals surface area contributed by atoms with Gasteiger partial charge in [0.2, 0.25) is 5.78 Å². The van der Waals surface area contributed by atoms with E-state index in [2.05, 4.69) is 15.4 Å². The fourth-order valence-electron chi connectivity index (χ4n) is 1.65. The van der Waals surface area contributed by atoms with E-state index in [-0.39, 0.29) is 6.61 Å². The number of hydrogen-bond acceptors (Lipinski definition) is 6. The number of hydrogen-bond donors (Lipinski definition) is 2. The molecule has 124 valence electrons. The number of esters is 1. The minimum Gasteiger partial charge on any atom is -0.469 e. The first-order valence-corrected chi connectivity index (χ1v) is 6.78. The maximum Gasteiger partial charge on any atom is 0.408 e. The number of carbonyl (C=O) groups excluding carboxylic acids is 4. The third-order valence-corrected chi connectivity index (χ3v) is 2.87. The Morgan fingerprint density at radius 1 is 1.13 bits per heavy atom. The molecule has 1 atom stereocenters. The maximum atomic E-state index is 11.8. The van der Waals surface area contributed by atoms with Crippen molar-refractivity contribution in [2.24, 2.45) is 0 Å². The van der Waals surface area contributed by atoms with Gasteiger partial charge in [-0.1, -0.05) is 30.3 Å². The minimum absolute atomic E-state index is 0.00815. The van der Waals surface area contributed by atoms with Crippen molar-refractivity contribution in [1.29, 1.82) is 0 Å². The molecular formula is C15H18N2O6. The molecule has 0 heterocycles. The zero-order valence-electron chi connectivity index (χ0n) is 12.8. The van der Waals surface area contributed by atoms with Crippen LogP contribution in [0.5, 0.6) is 0 Å². The van der Waals surface area contributed by atoms with E-state index in [0.29, 0.717) is 0 Å². The van der Waals surface area contributed by atoms with Crippen molar-refractivity contribution >= 4 is 23.8 Å². The molecule has 8 nitrogen and oxygen atoms in total. The third-order valence-electron chi connectivity index (χ3n) is 2.87. The lowest BCUT2D eigenvalue weighted by molar-refractivity contribution is -0.144. The van der Waals surface area contributed by atoms with Gasteiger partial charge in [-0.25, -0.2) is 4.79 Å². The summed E-state index contributed by atoms with van der Waals surface area (Å²) in [4.78, 5) is 46.3. The van der Waals surface area contributed by atoms with Crippen molar-refractivity contribution in [2.45, 2.75) is 19.1 Å². The molecule has 0 spiro atoms. The smallest absolute Gasteiger partial charge is 0.408 e. The molecule has 1 aromatic rings. The monoisotopic (exact) mass is 322 g/mol. The van der Waals surface area contributed by atoms with E-state index < -0.39 is 36.2 Å². The Labute approximate surface area is 133 Å². The zero-order valence-corrected chi connectivity index (χ0v) is 12.8. The van der Waals surface area contributed by atoms with Crippen molar-refractivity contribution in [3.63, 3.8) is 0 Å². The highest BCUT2D eigenvalue weighted by Crippen LogP contribution is 2.02. The van der Waals surface area contributed by atoms with Crippen molar-refractivity contribution in [1.82, 2.24) is 10.6 Å². The molecular weight excluding hydrogens is 304 g/mol. The second-order valence-electron chi connectivity index (χ2n) is 4.48. The summed E-state index contributed by atoms with van der Waals surface area (Å²) in [5.41, 5.74) is 0.754. The van der Waals surface area contributed by atoms with Crippen LogP contribution in [0, 0.1) is 0 Å². The Hall–Kier alpha value is -2.90. The molecule has 0 saturated heterocycles. The van der Waals surface area contributed by atoms with Crippen molar-refractivity contribution in [2.75, 3.05) is 14.2 Å². The number of Topliss-reactive ketones (excluding diaryl/α,β-unsaturated/α-hetero) is 1. The average Bonchev–Trinajstić information content (AvgIpc) is 2.58. The Morgan fingerprint density at radius 2 is 1.78 bits per heavy atom. The van der Waals surface area contributed by atoms with Crippen LogP contribution in [0.1, 0.15) is 12.0 Å². The van der Waals surface area contributed by atoms with Gasteiger partial charge < -0.3 is 20.1 Å². The summed E-state index contributed by atoms with van der Waals surface area (Å²) in [5.74, 6) is -2.63. The van der Waals surface area contributed by atoms with Gasteiger partial charge >= 0.3 is 12.1 Å². The summed E-state index contributed by atoms with van der Waals surface area (Å²) in [6, 6.07) is 7.55. The molecule has 1 unspecified atom stereocenters. The van der Waals surface area contributed by atoms with E-state index in [1.54, 1.807) is 24.3 Å². The first-order chi connectivity index (χ1) is 11.0. The maximum absolute atomic E-state index is 11.8. The first kappa shape index (κ1) is 18.1. The molecule has 0 saturated carbocycles. The van der Waals surface area contributed by atoms with Crippen LogP contribution in [0.15, 0.2) is 30.3 Å². The number of likely N-dealkylation sites (N-methyl/N-ethyl adjacent to an activating group) is 1. The van der Waals surface area contributed by atoms with Crippen molar-refractivity contribution < 1.29 is 28.7 Å². The standard InChI is InChI=1S/C15H18N2O6/c1-16-14(20)13(19)11(8-12(18)22-2)17-15(21)23-9-10-6-4-3-5-7-10/h3-7,11H,8-9H2,1-2H3,(H,16,20)(H,17,21). The molecule has 0 fully saturated rings. The Morgan fingerprint density at radius 3 is 2.35 bits per heavy atom. The van der Waals surface area contributed by atoms with Crippen LogP contribution in [0.2, 0.25) is 0 Å². The molecule has 1 rings (SSSR count). The quantitative estimate of drug-likeness (QED) is 0.546. The number of nitrogens with one attached hydrogen (secondary N) is 2. The highest BCUT2D eigenvalue weighted by Gasteiger charge is 2.29. The number of alkyl carbamates (subject to hydrolysis) is 1. The van der Waals surface area contributed by atoms with Gasteiger partial charge in [-0.05, 0) is 5.56 Å². The number of ketones is 1. The Kier molecular flexibility index (Phi) is 7.25. The minimum atomic E-state index is -1.36. The summed E-state index contributed by atoms with van der Waals surface area (Å²) in [7, 11) is 2.40. The van der Waals surface area contributed by atoms with Gasteiger partial charge in [0.25, 0.3) is 5.91 Å². The molecule has 0 radical (unpaired) electrons. The van der Waals surface area contributed by atoms with Gasteiger partial charge in [-0.3, -0.25) is 14.4 Å². The molecule has 2 amide bonds. The van der Waals surface area contributed by atoms with E-state index in [1.807, 2.05) is 6.07 Å². The van der Waals surface area contributed by atoms with Crippen LogP contribution < -0.4 is 10.6 Å². The normalized spacial score (nSPS) is 11.0. The van der Waals surface area contributed by atoms with Crippen LogP contribution in [0.4, 0.5) is 4.79 Å². The van der Waals surface area contributed by atoms with E-state index >= 15 is 0 Å². The van der Waals surface area contributed by atoms with Gasteiger partial charge in [-0.15, -0.1) is 0 Å². The van der Waals surface area contributed by atoms with E-state index in [9.17, 15) is 19.2 Å². The predicted octanol–water partition coefficient (Wildman–Crippen LogP) is 0.160. The van der Waals surface area contributed by atoms with Gasteiger partial charge in [0.05, 0.1) is 13.5 Å². The number of methoxy groups -OCH3 is 1. The number of amides is 2. The second kappa shape index (κ2) is 9.19. The van der Waals surface area contributed by atoms with Crippen LogP contribution in [0.25, 0.3) is 0 Å². The van der Waals surface area contributed by atoms with Gasteiger partial charge in [0.1, 0.15) is 12.6 Å². The number of benzene rings is 1. The van der Waals surface area contributed by atoms with Crippen LogP contribution in [-0.4, -0.2) is 44.0 Å². The fourth-order valence-corrected chi connectivity index (χ4v) is 1.65. The molecule has 0 aliphatic heterocycles. The highest BCUT2D eigenvalue weighted by molar-refractivity contribution is 6.38. The van der Waals surface area contributed by atoms with E-state index in [4.69, 9.17) is 4.74 Å². The van der Waals surface area contributed by atoms with Crippen molar-refractivity contribution in [3.05, 3.63) is 35.9 Å². The van der Waals surface area contributed by atoms with E-state index in [1.165, 1.54) is 7.05 Å². The Balaban J connectivity index is 2.64. The molecule has 1 aromatic carbocycles. The zero-order chi connectivity index (χ0) is 17.2. The highest BCUT2D eigenvalue weighted by atomic mass is 16.5. The molecule has 0 aromatic heterocycles. The van der Waals surface area contributed by atoms with Crippen LogP contribution in [-0.2, 0) is 30.5 Å².